The smallest absolute Gasteiger partial charge is 0.263 e. The maximum absolute atomic E-state index is 12.1. The van der Waals surface area contributed by atoms with Crippen LogP contribution in [0.3, 0.4) is 0 Å². The molecule has 1 saturated heterocycles. The second kappa shape index (κ2) is 6.62. The van der Waals surface area contributed by atoms with E-state index in [0.29, 0.717) is 36.1 Å². The number of amides is 1. The van der Waals surface area contributed by atoms with Gasteiger partial charge in [-0.1, -0.05) is 6.08 Å². The predicted molar refractivity (Wildman–Crippen MR) is 80.8 cm³/mol. The molecule has 0 saturated carbocycles. The van der Waals surface area contributed by atoms with Crippen molar-refractivity contribution in [2.45, 2.75) is 0 Å². The maximum Gasteiger partial charge on any atom is 0.263 e. The van der Waals surface area contributed by atoms with Crippen molar-refractivity contribution >= 4 is 27.9 Å². The molecule has 0 atom stereocenters. The molecular formula is C13H19N3O3S. The number of carbonyl (C=O) groups is 1. The lowest BCUT2D eigenvalue weighted by Crippen LogP contribution is -2.35. The van der Waals surface area contributed by atoms with Crippen molar-refractivity contribution in [1.82, 2.24) is 5.32 Å². The third kappa shape index (κ3) is 2.88. The van der Waals surface area contributed by atoms with Crippen molar-refractivity contribution in [3.8, 4) is 5.75 Å². The van der Waals surface area contributed by atoms with Crippen molar-refractivity contribution in [3.63, 3.8) is 0 Å². The minimum Gasteiger partial charge on any atom is -0.492 e. The van der Waals surface area contributed by atoms with Crippen LogP contribution in [0.1, 0.15) is 9.67 Å². The molecule has 0 radical (unpaired) electrons. The molecule has 0 bridgehead atoms. The number of rotatable bonds is 5. The van der Waals surface area contributed by atoms with E-state index in [1.54, 1.807) is 13.2 Å². The van der Waals surface area contributed by atoms with Gasteiger partial charge in [0.25, 0.3) is 5.91 Å². The highest BCUT2D eigenvalue weighted by Gasteiger charge is 2.25. The maximum atomic E-state index is 12.1. The molecule has 0 unspecified atom stereocenters. The van der Waals surface area contributed by atoms with Crippen molar-refractivity contribution in [1.29, 1.82) is 0 Å². The Bertz CT molecular complexity index is 495. The summed E-state index contributed by atoms with van der Waals surface area (Å²) in [5.74, 6) is 0.367. The molecule has 0 aliphatic carbocycles. The SMILES string of the molecule is C=CCNC(=O)c1sc(N2CCOCC2)c(OC)c1N. The molecule has 1 fully saturated rings. The zero-order valence-electron chi connectivity index (χ0n) is 11.5. The number of carbonyl (C=O) groups excluding carboxylic acids is 1. The lowest BCUT2D eigenvalue weighted by molar-refractivity contribution is 0.0962. The van der Waals surface area contributed by atoms with Gasteiger partial charge in [0, 0.05) is 19.6 Å². The molecule has 0 aromatic carbocycles. The molecule has 20 heavy (non-hydrogen) atoms. The number of nitrogen functional groups attached to an aromatic ring is 1. The number of nitrogens with zero attached hydrogens (tertiary/aromatic N) is 1. The molecule has 1 aliphatic rings. The molecule has 6 nitrogen and oxygen atoms in total. The van der Waals surface area contributed by atoms with Crippen LogP contribution in [-0.2, 0) is 4.74 Å². The van der Waals surface area contributed by atoms with Crippen LogP contribution in [0.15, 0.2) is 12.7 Å². The van der Waals surface area contributed by atoms with Crippen LogP contribution in [0.25, 0.3) is 0 Å². The lowest BCUT2D eigenvalue weighted by atomic mass is 10.3. The zero-order valence-corrected chi connectivity index (χ0v) is 12.3. The van der Waals surface area contributed by atoms with Gasteiger partial charge in [-0.25, -0.2) is 0 Å². The van der Waals surface area contributed by atoms with Crippen LogP contribution in [0.4, 0.5) is 10.7 Å². The lowest BCUT2D eigenvalue weighted by Gasteiger charge is -2.27. The van der Waals surface area contributed by atoms with Crippen molar-refractivity contribution in [3.05, 3.63) is 17.5 Å². The zero-order chi connectivity index (χ0) is 14.5. The van der Waals surface area contributed by atoms with Gasteiger partial charge in [0.2, 0.25) is 0 Å². The summed E-state index contributed by atoms with van der Waals surface area (Å²) in [5.41, 5.74) is 6.42. The molecule has 1 aromatic rings. The second-order valence-electron chi connectivity index (χ2n) is 4.28. The van der Waals surface area contributed by atoms with Crippen LogP contribution in [-0.4, -0.2) is 45.9 Å². The Kier molecular flexibility index (Phi) is 4.86. The quantitative estimate of drug-likeness (QED) is 0.796. The summed E-state index contributed by atoms with van der Waals surface area (Å²) in [7, 11) is 1.56. The van der Waals surface area contributed by atoms with E-state index in [-0.39, 0.29) is 5.91 Å². The highest BCUT2D eigenvalue weighted by Crippen LogP contribution is 2.44. The Morgan fingerprint density at radius 2 is 2.30 bits per heavy atom. The molecule has 1 aliphatic heterocycles. The molecule has 3 N–H and O–H groups in total. The Hall–Kier alpha value is -1.73. The van der Waals surface area contributed by atoms with Gasteiger partial charge in [-0.2, -0.15) is 0 Å². The Morgan fingerprint density at radius 3 is 2.90 bits per heavy atom. The van der Waals surface area contributed by atoms with Gasteiger partial charge >= 0.3 is 0 Å². The number of hydrogen-bond donors (Lipinski definition) is 2. The number of anilines is 2. The van der Waals surface area contributed by atoms with Crippen LogP contribution in [0, 0.1) is 0 Å². The van der Waals surface area contributed by atoms with E-state index >= 15 is 0 Å². The molecule has 7 heteroatoms. The number of thiophene rings is 1. The van der Waals surface area contributed by atoms with E-state index < -0.39 is 0 Å². The largest absolute Gasteiger partial charge is 0.492 e. The first-order valence-corrected chi connectivity index (χ1v) is 7.18. The van der Waals surface area contributed by atoms with E-state index in [2.05, 4.69) is 16.8 Å². The summed E-state index contributed by atoms with van der Waals surface area (Å²) in [6, 6.07) is 0. The average Bonchev–Trinajstić information content (AvgIpc) is 2.82. The predicted octanol–water partition coefficient (Wildman–Crippen LogP) is 1.09. The molecule has 1 amide bonds. The third-order valence-corrected chi connectivity index (χ3v) is 4.24. The van der Waals surface area contributed by atoms with Gasteiger partial charge in [0.15, 0.2) is 5.75 Å². The van der Waals surface area contributed by atoms with Crippen molar-refractivity contribution in [2.75, 3.05) is 50.6 Å². The Balaban J connectivity index is 2.27. The number of nitrogens with one attached hydrogen (secondary N) is 1. The van der Waals surface area contributed by atoms with Crippen LogP contribution >= 0.6 is 11.3 Å². The number of morpholine rings is 1. The summed E-state index contributed by atoms with van der Waals surface area (Å²) >= 11 is 1.35. The Labute approximate surface area is 122 Å². The summed E-state index contributed by atoms with van der Waals surface area (Å²) in [4.78, 5) is 14.7. The number of methoxy groups -OCH3 is 1. The van der Waals surface area contributed by atoms with Gasteiger partial charge in [-0.15, -0.1) is 17.9 Å². The van der Waals surface area contributed by atoms with Gasteiger partial charge in [0.05, 0.1) is 20.3 Å². The van der Waals surface area contributed by atoms with Crippen LogP contribution < -0.4 is 20.7 Å². The van der Waals surface area contributed by atoms with Gasteiger partial charge < -0.3 is 25.4 Å². The molecule has 2 rings (SSSR count). The standard InChI is InChI=1S/C13H19N3O3S/c1-3-4-15-12(17)11-9(14)10(18-2)13(20-11)16-5-7-19-8-6-16/h3H,1,4-8,14H2,2H3,(H,15,17). The highest BCUT2D eigenvalue weighted by atomic mass is 32.1. The summed E-state index contributed by atoms with van der Waals surface area (Å²) < 4.78 is 10.7. The van der Waals surface area contributed by atoms with E-state index in [1.165, 1.54) is 11.3 Å². The molecule has 110 valence electrons. The molecular weight excluding hydrogens is 278 g/mol. The van der Waals surface area contributed by atoms with Crippen LogP contribution in [0.2, 0.25) is 0 Å². The number of ether oxygens (including phenoxy) is 2. The van der Waals surface area contributed by atoms with Gasteiger partial charge in [-0.05, 0) is 0 Å². The fraction of sp³-hybridized carbons (Fsp3) is 0.462. The molecule has 0 spiro atoms. The van der Waals surface area contributed by atoms with E-state index in [4.69, 9.17) is 15.2 Å². The van der Waals surface area contributed by atoms with E-state index in [9.17, 15) is 4.79 Å². The van der Waals surface area contributed by atoms with Crippen LogP contribution in [0.5, 0.6) is 5.75 Å². The van der Waals surface area contributed by atoms with Crippen molar-refractivity contribution < 1.29 is 14.3 Å². The monoisotopic (exact) mass is 297 g/mol. The van der Waals surface area contributed by atoms with Gasteiger partial charge in [-0.3, -0.25) is 4.79 Å². The fourth-order valence-electron chi connectivity index (χ4n) is 2.00. The minimum atomic E-state index is -0.204. The van der Waals surface area contributed by atoms with E-state index in [1.807, 2.05) is 0 Å². The average molecular weight is 297 g/mol. The first-order chi connectivity index (χ1) is 9.69. The highest BCUT2D eigenvalue weighted by molar-refractivity contribution is 7.19. The summed E-state index contributed by atoms with van der Waals surface area (Å²) in [6.45, 7) is 6.85. The topological polar surface area (TPSA) is 76.8 Å². The van der Waals surface area contributed by atoms with Crippen molar-refractivity contribution in [2.24, 2.45) is 0 Å². The first-order valence-electron chi connectivity index (χ1n) is 6.37. The summed E-state index contributed by atoms with van der Waals surface area (Å²) in [6.07, 6.45) is 1.63. The van der Waals surface area contributed by atoms with E-state index in [0.717, 1.165) is 18.1 Å². The normalized spacial score (nSPS) is 14.9. The third-order valence-electron chi connectivity index (χ3n) is 3.00. The second-order valence-corrected chi connectivity index (χ2v) is 5.28. The minimum absolute atomic E-state index is 0.204. The first kappa shape index (κ1) is 14.7. The Morgan fingerprint density at radius 1 is 1.60 bits per heavy atom. The summed E-state index contributed by atoms with van der Waals surface area (Å²) in [5, 5.41) is 3.62. The molecule has 1 aromatic heterocycles. The van der Waals surface area contributed by atoms with Gasteiger partial charge in [0.1, 0.15) is 15.6 Å². The number of hydrogen-bond acceptors (Lipinski definition) is 6. The fourth-order valence-corrected chi connectivity index (χ4v) is 3.16. The molecule has 2 heterocycles. The number of nitrogens with two attached hydrogens (primary N) is 1.